The van der Waals surface area contributed by atoms with E-state index in [1.165, 1.54) is 14.2 Å². The van der Waals surface area contributed by atoms with Crippen molar-refractivity contribution in [2.75, 3.05) is 27.4 Å². The topological polar surface area (TPSA) is 124 Å². The van der Waals surface area contributed by atoms with E-state index in [0.717, 1.165) is 0 Å². The Morgan fingerprint density at radius 1 is 0.568 bits per heavy atom. The van der Waals surface area contributed by atoms with Gasteiger partial charge in [-0.05, 0) is 112 Å². The van der Waals surface area contributed by atoms with Crippen LogP contribution in [0.1, 0.15) is 64.2 Å². The zero-order valence-corrected chi connectivity index (χ0v) is 26.1. The van der Waals surface area contributed by atoms with Gasteiger partial charge in [0.2, 0.25) is 0 Å². The molecule has 4 fully saturated rings. The molecule has 10 nitrogen and oxygen atoms in total. The SMILES string of the molecule is COOCC1CCC2C(CCC(OS(=O)(=O)C(F)(F)F)C2C2C(OS(=O)(=O)C(F)(F)F)CCC3CC(COOC)CCC32)C1. The lowest BCUT2D eigenvalue weighted by molar-refractivity contribution is -0.283. The lowest BCUT2D eigenvalue weighted by Gasteiger charge is -2.56. The second kappa shape index (κ2) is 14.2. The van der Waals surface area contributed by atoms with E-state index in [2.05, 4.69) is 0 Å². The lowest BCUT2D eigenvalue weighted by Crippen LogP contribution is -2.56. The van der Waals surface area contributed by atoms with E-state index >= 15 is 0 Å². The van der Waals surface area contributed by atoms with Crippen LogP contribution in [0.25, 0.3) is 0 Å². The van der Waals surface area contributed by atoms with Gasteiger partial charge in [0.05, 0.1) is 39.6 Å². The van der Waals surface area contributed by atoms with Crippen LogP contribution >= 0.6 is 0 Å². The molecule has 0 aromatic heterocycles. The molecule has 0 spiro atoms. The summed E-state index contributed by atoms with van der Waals surface area (Å²) in [6.07, 6.45) is 0.475. The van der Waals surface area contributed by atoms with E-state index in [9.17, 15) is 43.2 Å². The summed E-state index contributed by atoms with van der Waals surface area (Å²) in [6.45, 7) is 0.531. The van der Waals surface area contributed by atoms with Gasteiger partial charge in [-0.25, -0.2) is 19.6 Å². The number of alkyl halides is 6. The Morgan fingerprint density at radius 3 is 1.25 bits per heavy atom. The predicted molar refractivity (Wildman–Crippen MR) is 140 cm³/mol. The molecule has 4 aliphatic carbocycles. The van der Waals surface area contributed by atoms with Crippen LogP contribution in [0, 0.1) is 47.3 Å². The van der Waals surface area contributed by atoms with Crippen molar-refractivity contribution in [3.05, 3.63) is 0 Å². The molecular weight excluding hydrogens is 650 g/mol. The van der Waals surface area contributed by atoms with Crippen LogP contribution in [0.2, 0.25) is 0 Å². The zero-order valence-electron chi connectivity index (χ0n) is 24.4. The highest BCUT2D eigenvalue weighted by molar-refractivity contribution is 7.87. The molecule has 4 aliphatic rings. The smallest absolute Gasteiger partial charge is 0.260 e. The van der Waals surface area contributed by atoms with Crippen molar-refractivity contribution in [1.29, 1.82) is 0 Å². The van der Waals surface area contributed by atoms with Crippen LogP contribution in [-0.2, 0) is 48.2 Å². The Bertz CT molecular complexity index is 1070. The van der Waals surface area contributed by atoms with Crippen molar-refractivity contribution < 1.29 is 71.1 Å². The summed E-state index contributed by atoms with van der Waals surface area (Å²) in [7, 11) is -9.41. The first-order valence-electron chi connectivity index (χ1n) is 14.8. The molecule has 0 amide bonds. The van der Waals surface area contributed by atoms with Gasteiger partial charge in [0, 0.05) is 0 Å². The predicted octanol–water partition coefficient (Wildman–Crippen LogP) is 5.50. The summed E-state index contributed by atoms with van der Waals surface area (Å²) in [5.74, 6) is -3.03. The van der Waals surface area contributed by atoms with Crippen LogP contribution in [0.15, 0.2) is 0 Å². The standard InChI is InChI=1S/C26H40F6O10S2/c1-37-39-13-15-3-7-19-17(11-15)5-9-21(41-43(33,34)25(27,28)29)23(19)24-20-8-4-16(14-40-38-2)12-18(20)6-10-22(24)42-44(35,36)26(30,31)32/h15-24H,3-14H2,1-2H3. The molecule has 0 saturated heterocycles. The average Bonchev–Trinajstić information content (AvgIpc) is 2.93. The number of halogens is 6. The van der Waals surface area contributed by atoms with Crippen molar-refractivity contribution in [2.45, 2.75) is 87.4 Å². The minimum atomic E-state index is -6.06. The van der Waals surface area contributed by atoms with Gasteiger partial charge < -0.3 is 0 Å². The molecule has 0 aromatic rings. The van der Waals surface area contributed by atoms with E-state index in [1.807, 2.05) is 0 Å². The number of hydrogen-bond donors (Lipinski definition) is 0. The first-order valence-corrected chi connectivity index (χ1v) is 17.6. The van der Waals surface area contributed by atoms with Crippen molar-refractivity contribution in [1.82, 2.24) is 0 Å². The van der Waals surface area contributed by atoms with E-state index in [1.54, 1.807) is 0 Å². The van der Waals surface area contributed by atoms with Gasteiger partial charge in [-0.15, -0.1) is 0 Å². The van der Waals surface area contributed by atoms with Crippen LogP contribution in [0.4, 0.5) is 26.3 Å². The summed E-state index contributed by atoms with van der Waals surface area (Å²) < 4.78 is 140. The summed E-state index contributed by atoms with van der Waals surface area (Å²) >= 11 is 0. The Morgan fingerprint density at radius 2 is 0.932 bits per heavy atom. The maximum absolute atomic E-state index is 13.5. The van der Waals surface area contributed by atoms with Crippen LogP contribution in [0.3, 0.4) is 0 Å². The van der Waals surface area contributed by atoms with Gasteiger partial charge in [-0.1, -0.05) is 0 Å². The summed E-state index contributed by atoms with van der Waals surface area (Å²) in [5.41, 5.74) is -11.4. The Hall–Kier alpha value is -0.760. The highest BCUT2D eigenvalue weighted by Gasteiger charge is 2.59. The second-order valence-electron chi connectivity index (χ2n) is 12.5. The van der Waals surface area contributed by atoms with Crippen molar-refractivity contribution in [3.8, 4) is 0 Å². The molecule has 4 rings (SSSR count). The molecule has 44 heavy (non-hydrogen) atoms. The van der Waals surface area contributed by atoms with E-state index in [-0.39, 0.29) is 49.7 Å². The monoisotopic (exact) mass is 690 g/mol. The quantitative estimate of drug-likeness (QED) is 0.0904. The lowest BCUT2D eigenvalue weighted by atomic mass is 9.52. The fourth-order valence-electron chi connectivity index (χ4n) is 8.50. The minimum Gasteiger partial charge on any atom is -0.260 e. The third-order valence-corrected chi connectivity index (χ3v) is 12.3. The maximum Gasteiger partial charge on any atom is 0.523 e. The van der Waals surface area contributed by atoms with Gasteiger partial charge in [0.25, 0.3) is 0 Å². The molecule has 0 bridgehead atoms. The Balaban J connectivity index is 1.73. The van der Waals surface area contributed by atoms with Gasteiger partial charge in [0.1, 0.15) is 0 Å². The Labute approximate surface area is 253 Å². The molecular formula is C26H40F6O10S2. The van der Waals surface area contributed by atoms with Crippen molar-refractivity contribution in [2.24, 2.45) is 47.3 Å². The normalized spacial score (nSPS) is 37.3. The molecule has 10 atom stereocenters. The molecule has 258 valence electrons. The van der Waals surface area contributed by atoms with Crippen molar-refractivity contribution >= 4 is 20.2 Å². The third-order valence-electron chi connectivity index (χ3n) is 10.1. The van der Waals surface area contributed by atoms with E-state index in [4.69, 9.17) is 27.9 Å². The molecule has 0 N–H and O–H groups in total. The third kappa shape index (κ3) is 8.02. The molecule has 0 heterocycles. The molecule has 0 aromatic carbocycles. The largest absolute Gasteiger partial charge is 0.523 e. The highest BCUT2D eigenvalue weighted by Crippen LogP contribution is 2.57. The zero-order chi connectivity index (χ0) is 32.5. The van der Waals surface area contributed by atoms with Gasteiger partial charge in [0.15, 0.2) is 0 Å². The fourth-order valence-corrected chi connectivity index (χ4v) is 9.81. The first-order chi connectivity index (χ1) is 20.5. The van der Waals surface area contributed by atoms with Crippen LogP contribution in [-0.4, -0.2) is 67.5 Å². The highest BCUT2D eigenvalue weighted by atomic mass is 32.2. The molecule has 4 saturated carbocycles. The summed E-state index contributed by atoms with van der Waals surface area (Å²) in [6, 6.07) is 0. The fraction of sp³-hybridized carbons (Fsp3) is 1.00. The van der Waals surface area contributed by atoms with Crippen LogP contribution in [0.5, 0.6) is 0 Å². The number of rotatable bonds is 11. The summed E-state index contributed by atoms with van der Waals surface area (Å²) in [4.78, 5) is 19.6. The number of fused-ring (bicyclic) bond motifs is 2. The number of hydrogen-bond acceptors (Lipinski definition) is 10. The molecule has 0 radical (unpaired) electrons. The van der Waals surface area contributed by atoms with Crippen molar-refractivity contribution in [3.63, 3.8) is 0 Å². The second-order valence-corrected chi connectivity index (χ2v) is 15.6. The van der Waals surface area contributed by atoms with E-state index < -0.39 is 67.1 Å². The maximum atomic E-state index is 13.5. The summed E-state index contributed by atoms with van der Waals surface area (Å²) in [5, 5.41) is 0. The average molecular weight is 691 g/mol. The minimum absolute atomic E-state index is 0.0428. The molecule has 18 heteroatoms. The molecule has 0 aliphatic heterocycles. The van der Waals surface area contributed by atoms with Gasteiger partial charge in [-0.3, -0.25) is 8.37 Å². The Kier molecular flexibility index (Phi) is 11.6. The molecule has 10 unspecified atom stereocenters. The van der Waals surface area contributed by atoms with Gasteiger partial charge >= 0.3 is 31.3 Å². The van der Waals surface area contributed by atoms with Crippen LogP contribution < -0.4 is 0 Å². The van der Waals surface area contributed by atoms with Gasteiger partial charge in [-0.2, -0.15) is 43.2 Å². The van der Waals surface area contributed by atoms with E-state index in [0.29, 0.717) is 51.4 Å². The first kappa shape index (κ1) is 36.1.